The average molecular weight is 347 g/mol. The number of hydrogen-bond donors (Lipinski definition) is 0. The number of non-ortho nitro benzene ring substituents is 1. The Morgan fingerprint density at radius 1 is 1.58 bits per heavy atom. The lowest BCUT2D eigenvalue weighted by Crippen LogP contribution is -2.04. The summed E-state index contributed by atoms with van der Waals surface area (Å²) >= 11 is 9.13. The first kappa shape index (κ1) is 13.8. The normalized spacial score (nSPS) is 10.5. The number of imidazole rings is 1. The van der Waals surface area contributed by atoms with Crippen molar-refractivity contribution in [2.75, 3.05) is 0 Å². The molecule has 0 radical (unpaired) electrons. The first-order valence-corrected chi connectivity index (χ1v) is 6.39. The number of nitrogens with zero attached hydrogens (tertiary/aromatic N) is 3. The van der Waals surface area contributed by atoms with Crippen molar-refractivity contribution in [3.63, 3.8) is 0 Å². The fraction of sp³-hybridized carbons (Fsp3) is 0.182. The van der Waals surface area contributed by atoms with Gasteiger partial charge in [0, 0.05) is 13.1 Å². The second-order valence-electron chi connectivity index (χ2n) is 3.72. The van der Waals surface area contributed by atoms with E-state index in [0.29, 0.717) is 21.2 Å². The summed E-state index contributed by atoms with van der Waals surface area (Å²) in [4.78, 5) is 14.3. The van der Waals surface area contributed by atoms with Gasteiger partial charge in [0.15, 0.2) is 0 Å². The highest BCUT2D eigenvalue weighted by Crippen LogP contribution is 2.29. The third kappa shape index (κ3) is 3.05. The van der Waals surface area contributed by atoms with Crippen LogP contribution in [0.2, 0.25) is 5.15 Å². The minimum absolute atomic E-state index is 0.0314. The summed E-state index contributed by atoms with van der Waals surface area (Å²) in [5.41, 5.74) is -0.0314. The number of ether oxygens (including phenoxy) is 1. The Morgan fingerprint density at radius 3 is 2.89 bits per heavy atom. The summed E-state index contributed by atoms with van der Waals surface area (Å²) in [5.74, 6) is 1.01. The molecule has 2 rings (SSSR count). The monoisotopic (exact) mass is 345 g/mol. The van der Waals surface area contributed by atoms with E-state index in [1.165, 1.54) is 18.3 Å². The molecule has 0 fully saturated rings. The molecule has 1 heterocycles. The van der Waals surface area contributed by atoms with E-state index in [9.17, 15) is 10.1 Å². The Hall–Kier alpha value is -1.60. The van der Waals surface area contributed by atoms with Crippen molar-refractivity contribution in [2.24, 2.45) is 7.05 Å². The zero-order valence-electron chi connectivity index (χ0n) is 9.84. The average Bonchev–Trinajstić information content (AvgIpc) is 2.69. The number of nitro benzene ring substituents is 1. The van der Waals surface area contributed by atoms with E-state index >= 15 is 0 Å². The summed E-state index contributed by atoms with van der Waals surface area (Å²) in [5, 5.41) is 11.2. The molecule has 19 heavy (non-hydrogen) atoms. The Morgan fingerprint density at radius 2 is 2.32 bits per heavy atom. The van der Waals surface area contributed by atoms with Gasteiger partial charge in [-0.15, -0.1) is 0 Å². The van der Waals surface area contributed by atoms with Gasteiger partial charge >= 0.3 is 0 Å². The van der Waals surface area contributed by atoms with Gasteiger partial charge < -0.3 is 9.30 Å². The summed E-state index contributed by atoms with van der Waals surface area (Å²) < 4.78 is 7.83. The van der Waals surface area contributed by atoms with Crippen molar-refractivity contribution in [3.05, 3.63) is 50.0 Å². The zero-order valence-corrected chi connectivity index (χ0v) is 12.2. The molecule has 0 aliphatic carbocycles. The van der Waals surface area contributed by atoms with Crippen LogP contribution in [0.3, 0.4) is 0 Å². The molecule has 1 aromatic carbocycles. The third-order valence-corrected chi connectivity index (χ3v) is 3.52. The maximum absolute atomic E-state index is 10.7. The van der Waals surface area contributed by atoms with Crippen LogP contribution in [0.4, 0.5) is 5.69 Å². The molecule has 0 amide bonds. The maximum Gasteiger partial charge on any atom is 0.273 e. The summed E-state index contributed by atoms with van der Waals surface area (Å²) in [7, 11) is 1.76. The van der Waals surface area contributed by atoms with Crippen LogP contribution in [0.25, 0.3) is 0 Å². The van der Waals surface area contributed by atoms with Crippen molar-refractivity contribution in [2.45, 2.75) is 6.61 Å². The van der Waals surface area contributed by atoms with Gasteiger partial charge in [-0.2, -0.15) is 0 Å². The van der Waals surface area contributed by atoms with E-state index < -0.39 is 4.92 Å². The molecule has 0 bridgehead atoms. The topological polar surface area (TPSA) is 70.2 Å². The van der Waals surface area contributed by atoms with Crippen LogP contribution < -0.4 is 4.74 Å². The highest BCUT2D eigenvalue weighted by molar-refractivity contribution is 9.10. The van der Waals surface area contributed by atoms with E-state index in [1.54, 1.807) is 17.7 Å². The van der Waals surface area contributed by atoms with Gasteiger partial charge in [-0.25, -0.2) is 4.98 Å². The predicted molar refractivity (Wildman–Crippen MR) is 73.3 cm³/mol. The molecule has 0 saturated heterocycles. The zero-order chi connectivity index (χ0) is 14.0. The summed E-state index contributed by atoms with van der Waals surface area (Å²) in [6.45, 7) is 0.170. The van der Waals surface area contributed by atoms with E-state index in [-0.39, 0.29) is 12.3 Å². The van der Waals surface area contributed by atoms with Gasteiger partial charge in [0.25, 0.3) is 5.69 Å². The molecule has 8 heteroatoms. The Balaban J connectivity index is 2.17. The molecule has 0 aliphatic heterocycles. The SMILES string of the molecule is Cn1c(Cl)cnc1COc1cc([N+](=O)[O-])ccc1Br. The smallest absolute Gasteiger partial charge is 0.273 e. The van der Waals surface area contributed by atoms with Crippen molar-refractivity contribution in [1.29, 1.82) is 0 Å². The second-order valence-corrected chi connectivity index (χ2v) is 4.96. The lowest BCUT2D eigenvalue weighted by atomic mass is 10.3. The quantitative estimate of drug-likeness (QED) is 0.629. The largest absolute Gasteiger partial charge is 0.484 e. The molecule has 0 atom stereocenters. The van der Waals surface area contributed by atoms with E-state index in [1.807, 2.05) is 0 Å². The standard InChI is InChI=1S/C11H9BrClN3O3/c1-15-10(13)5-14-11(15)6-19-9-4-7(16(17)18)2-3-8(9)12/h2-5H,6H2,1H3. The third-order valence-electron chi connectivity index (χ3n) is 2.51. The number of rotatable bonds is 4. The van der Waals surface area contributed by atoms with E-state index in [2.05, 4.69) is 20.9 Å². The molecule has 100 valence electrons. The van der Waals surface area contributed by atoms with Gasteiger partial charge in [0.1, 0.15) is 23.3 Å². The molecule has 0 spiro atoms. The molecular formula is C11H9BrClN3O3. The van der Waals surface area contributed by atoms with Gasteiger partial charge in [-0.05, 0) is 22.0 Å². The van der Waals surface area contributed by atoms with Crippen molar-refractivity contribution in [1.82, 2.24) is 9.55 Å². The molecule has 0 N–H and O–H groups in total. The summed E-state index contributed by atoms with van der Waals surface area (Å²) in [6, 6.07) is 4.32. The highest BCUT2D eigenvalue weighted by atomic mass is 79.9. The maximum atomic E-state index is 10.7. The first-order chi connectivity index (χ1) is 8.99. The van der Waals surface area contributed by atoms with Crippen LogP contribution >= 0.6 is 27.5 Å². The minimum Gasteiger partial charge on any atom is -0.484 e. The second kappa shape index (κ2) is 5.58. The van der Waals surface area contributed by atoms with Crippen LogP contribution in [-0.2, 0) is 13.7 Å². The van der Waals surface area contributed by atoms with Crippen LogP contribution in [0.5, 0.6) is 5.75 Å². The van der Waals surface area contributed by atoms with Gasteiger partial charge in [-0.3, -0.25) is 10.1 Å². The van der Waals surface area contributed by atoms with E-state index in [0.717, 1.165) is 0 Å². The van der Waals surface area contributed by atoms with Gasteiger partial charge in [0.05, 0.1) is 21.7 Å². The van der Waals surface area contributed by atoms with Crippen LogP contribution in [-0.4, -0.2) is 14.5 Å². The van der Waals surface area contributed by atoms with Gasteiger partial charge in [0.2, 0.25) is 0 Å². The highest BCUT2D eigenvalue weighted by Gasteiger charge is 2.12. The number of halogens is 2. The minimum atomic E-state index is -0.475. The van der Waals surface area contributed by atoms with Gasteiger partial charge in [-0.1, -0.05) is 11.6 Å². The van der Waals surface area contributed by atoms with Crippen molar-refractivity contribution < 1.29 is 9.66 Å². The first-order valence-electron chi connectivity index (χ1n) is 5.22. The Bertz CT molecular complexity index is 630. The Kier molecular flexibility index (Phi) is 4.06. The lowest BCUT2D eigenvalue weighted by Gasteiger charge is -2.08. The fourth-order valence-corrected chi connectivity index (χ4v) is 1.92. The molecule has 0 unspecified atom stereocenters. The predicted octanol–water partition coefficient (Wildman–Crippen LogP) is 3.32. The molecule has 0 saturated carbocycles. The molecule has 2 aromatic rings. The molecule has 1 aromatic heterocycles. The van der Waals surface area contributed by atoms with Crippen molar-refractivity contribution in [3.8, 4) is 5.75 Å². The molecule has 6 nitrogen and oxygen atoms in total. The number of aromatic nitrogens is 2. The summed E-state index contributed by atoms with van der Waals surface area (Å²) in [6.07, 6.45) is 1.52. The van der Waals surface area contributed by atoms with Crippen LogP contribution in [0.1, 0.15) is 5.82 Å². The van der Waals surface area contributed by atoms with E-state index in [4.69, 9.17) is 16.3 Å². The number of benzene rings is 1. The fourth-order valence-electron chi connectivity index (χ4n) is 1.42. The number of hydrogen-bond acceptors (Lipinski definition) is 4. The Labute approximate surface area is 122 Å². The number of nitro groups is 1. The van der Waals surface area contributed by atoms with Crippen LogP contribution in [0.15, 0.2) is 28.9 Å². The van der Waals surface area contributed by atoms with Crippen LogP contribution in [0, 0.1) is 10.1 Å². The van der Waals surface area contributed by atoms with Crippen molar-refractivity contribution >= 4 is 33.2 Å². The lowest BCUT2D eigenvalue weighted by molar-refractivity contribution is -0.385. The molecule has 0 aliphatic rings. The molecular weight excluding hydrogens is 337 g/mol.